The first-order chi connectivity index (χ1) is 35.5. The number of carbonyl (C=O) groups is 3. The van der Waals surface area contributed by atoms with Gasteiger partial charge in [0.25, 0.3) is 0 Å². The van der Waals surface area contributed by atoms with Crippen LogP contribution in [0.25, 0.3) is 0 Å². The van der Waals surface area contributed by atoms with Gasteiger partial charge in [-0.3, -0.25) is 14.4 Å². The molecular weight excluding hydrogens is 889 g/mol. The SMILES string of the molecule is CC/C=C\C/C=C\C/C=C\C/C=C\CCCCCCCCC(=O)OC(COC(=O)CCCCCCCCCCCC)COC(=O)CCCCCCCCCCCCCCC/C=C\CCCCCCCCCC. The van der Waals surface area contributed by atoms with Crippen molar-refractivity contribution in [2.45, 2.75) is 329 Å². The van der Waals surface area contributed by atoms with Crippen molar-refractivity contribution in [3.63, 3.8) is 0 Å². The van der Waals surface area contributed by atoms with Crippen LogP contribution in [-0.2, 0) is 28.6 Å². The van der Waals surface area contributed by atoms with Gasteiger partial charge in [0.05, 0.1) is 0 Å². The molecule has 1 atom stereocenters. The monoisotopic (exact) mass is 1010 g/mol. The minimum Gasteiger partial charge on any atom is -0.462 e. The fourth-order valence-electron chi connectivity index (χ4n) is 9.08. The highest BCUT2D eigenvalue weighted by atomic mass is 16.6. The van der Waals surface area contributed by atoms with Crippen molar-refractivity contribution >= 4 is 17.9 Å². The van der Waals surface area contributed by atoms with Crippen molar-refractivity contribution in [1.82, 2.24) is 0 Å². The molecule has 0 aliphatic heterocycles. The molecule has 0 aliphatic rings. The Kier molecular flexibility index (Phi) is 58.2. The van der Waals surface area contributed by atoms with Crippen LogP contribution in [0.3, 0.4) is 0 Å². The van der Waals surface area contributed by atoms with E-state index in [-0.39, 0.29) is 31.1 Å². The molecular formula is C66H118O6. The number of allylic oxidation sites excluding steroid dienone is 10. The van der Waals surface area contributed by atoms with E-state index in [0.717, 1.165) is 96.3 Å². The standard InChI is InChI=1S/C66H118O6/c1-4-7-10-13-16-19-22-24-26-28-30-31-32-33-34-35-37-38-40-42-44-47-50-53-56-59-65(68)71-62-63(61-70-64(67)58-55-52-49-46-21-18-15-12-9-6-3)72-66(69)60-57-54-51-48-45-43-41-39-36-29-27-25-23-20-17-14-11-8-5-2/h8,11,17,20,25,27-28,30,36,39,63H,4-7,9-10,12-16,18-19,21-24,26,29,31-35,37-38,40-62H2,1-3H3/b11-8-,20-17-,27-25-,30-28-,39-36-. The number of hydrogen-bond acceptors (Lipinski definition) is 6. The van der Waals surface area contributed by atoms with Gasteiger partial charge in [-0.25, -0.2) is 0 Å². The zero-order chi connectivity index (χ0) is 52.2. The van der Waals surface area contributed by atoms with Crippen LogP contribution in [0.2, 0.25) is 0 Å². The lowest BCUT2D eigenvalue weighted by molar-refractivity contribution is -0.167. The molecule has 1 unspecified atom stereocenters. The summed E-state index contributed by atoms with van der Waals surface area (Å²) < 4.78 is 16.9. The first-order valence-electron chi connectivity index (χ1n) is 31.3. The summed E-state index contributed by atoms with van der Waals surface area (Å²) in [5, 5.41) is 0. The normalized spacial score (nSPS) is 12.4. The molecule has 0 rings (SSSR count). The van der Waals surface area contributed by atoms with Crippen LogP contribution in [-0.4, -0.2) is 37.2 Å². The van der Waals surface area contributed by atoms with E-state index >= 15 is 0 Å². The Morgan fingerprint density at radius 2 is 0.542 bits per heavy atom. The largest absolute Gasteiger partial charge is 0.462 e. The van der Waals surface area contributed by atoms with Crippen molar-refractivity contribution in [3.05, 3.63) is 60.8 Å². The van der Waals surface area contributed by atoms with Gasteiger partial charge in [0, 0.05) is 19.3 Å². The van der Waals surface area contributed by atoms with E-state index < -0.39 is 6.10 Å². The summed E-state index contributed by atoms with van der Waals surface area (Å²) in [7, 11) is 0. The first kappa shape index (κ1) is 69.1. The Balaban J connectivity index is 4.23. The van der Waals surface area contributed by atoms with E-state index in [4.69, 9.17) is 14.2 Å². The van der Waals surface area contributed by atoms with Gasteiger partial charge in [0.1, 0.15) is 13.2 Å². The Bertz CT molecular complexity index is 1290. The molecule has 0 heterocycles. The summed E-state index contributed by atoms with van der Waals surface area (Å²) in [4.78, 5) is 38.2. The lowest BCUT2D eigenvalue weighted by Gasteiger charge is -2.18. The lowest BCUT2D eigenvalue weighted by atomic mass is 10.0. The van der Waals surface area contributed by atoms with Crippen molar-refractivity contribution in [1.29, 1.82) is 0 Å². The van der Waals surface area contributed by atoms with Gasteiger partial charge >= 0.3 is 17.9 Å². The van der Waals surface area contributed by atoms with E-state index in [1.807, 2.05) is 0 Å². The summed E-state index contributed by atoms with van der Waals surface area (Å²) in [6.45, 7) is 6.54. The molecule has 0 aromatic rings. The third-order valence-corrected chi connectivity index (χ3v) is 13.8. The highest BCUT2D eigenvalue weighted by Gasteiger charge is 2.19. The number of hydrogen-bond donors (Lipinski definition) is 0. The smallest absolute Gasteiger partial charge is 0.306 e. The van der Waals surface area contributed by atoms with Gasteiger partial charge in [-0.1, -0.05) is 281 Å². The van der Waals surface area contributed by atoms with E-state index in [9.17, 15) is 14.4 Å². The van der Waals surface area contributed by atoms with Crippen LogP contribution in [0.5, 0.6) is 0 Å². The Morgan fingerprint density at radius 1 is 0.292 bits per heavy atom. The lowest BCUT2D eigenvalue weighted by Crippen LogP contribution is -2.30. The summed E-state index contributed by atoms with van der Waals surface area (Å²) in [5.74, 6) is -0.878. The molecule has 0 bridgehead atoms. The summed E-state index contributed by atoms with van der Waals surface area (Å²) in [6, 6.07) is 0. The van der Waals surface area contributed by atoms with Gasteiger partial charge < -0.3 is 14.2 Å². The second kappa shape index (κ2) is 60.7. The average molecular weight is 1010 g/mol. The predicted molar refractivity (Wildman–Crippen MR) is 312 cm³/mol. The highest BCUT2D eigenvalue weighted by molar-refractivity contribution is 5.71. The molecule has 0 aliphatic carbocycles. The number of carbonyl (C=O) groups excluding carboxylic acids is 3. The molecule has 6 heteroatoms. The van der Waals surface area contributed by atoms with Gasteiger partial charge in [0.2, 0.25) is 0 Å². The second-order valence-electron chi connectivity index (χ2n) is 20.9. The molecule has 6 nitrogen and oxygen atoms in total. The van der Waals surface area contributed by atoms with Crippen LogP contribution in [0.4, 0.5) is 0 Å². The van der Waals surface area contributed by atoms with Gasteiger partial charge in [-0.2, -0.15) is 0 Å². The van der Waals surface area contributed by atoms with Gasteiger partial charge in [0.15, 0.2) is 6.10 Å². The predicted octanol–water partition coefficient (Wildman–Crippen LogP) is 21.2. The van der Waals surface area contributed by atoms with Gasteiger partial charge in [-0.15, -0.1) is 0 Å². The fourth-order valence-corrected chi connectivity index (χ4v) is 9.08. The molecule has 0 spiro atoms. The molecule has 0 amide bonds. The number of unbranched alkanes of at least 4 members (excludes halogenated alkanes) is 36. The Labute approximate surface area is 447 Å². The maximum atomic E-state index is 12.9. The molecule has 418 valence electrons. The van der Waals surface area contributed by atoms with Crippen LogP contribution in [0.1, 0.15) is 323 Å². The topological polar surface area (TPSA) is 78.9 Å². The third kappa shape index (κ3) is 58.0. The maximum Gasteiger partial charge on any atom is 0.306 e. The number of rotatable bonds is 57. The quantitative estimate of drug-likeness (QED) is 0.0261. The molecule has 0 aromatic carbocycles. The molecule has 0 radical (unpaired) electrons. The summed E-state index contributed by atoms with van der Waals surface area (Å²) in [5.41, 5.74) is 0. The van der Waals surface area contributed by atoms with E-state index in [1.54, 1.807) is 0 Å². The van der Waals surface area contributed by atoms with Crippen molar-refractivity contribution in [3.8, 4) is 0 Å². The third-order valence-electron chi connectivity index (χ3n) is 13.8. The number of esters is 3. The van der Waals surface area contributed by atoms with Crippen LogP contribution >= 0.6 is 0 Å². The zero-order valence-electron chi connectivity index (χ0n) is 47.9. The van der Waals surface area contributed by atoms with E-state index in [1.165, 1.54) is 186 Å². The minimum absolute atomic E-state index is 0.0772. The van der Waals surface area contributed by atoms with Gasteiger partial charge in [-0.05, 0) is 83.5 Å². The number of ether oxygens (including phenoxy) is 3. The second-order valence-corrected chi connectivity index (χ2v) is 20.9. The molecule has 0 N–H and O–H groups in total. The molecule has 0 aromatic heterocycles. The van der Waals surface area contributed by atoms with Crippen molar-refractivity contribution in [2.24, 2.45) is 0 Å². The first-order valence-corrected chi connectivity index (χ1v) is 31.3. The van der Waals surface area contributed by atoms with Crippen LogP contribution < -0.4 is 0 Å². The summed E-state index contributed by atoms with van der Waals surface area (Å²) in [6.07, 6.45) is 76.6. The van der Waals surface area contributed by atoms with Crippen LogP contribution in [0.15, 0.2) is 60.8 Å². The molecule has 0 saturated heterocycles. The fraction of sp³-hybridized carbons (Fsp3) is 0.803. The van der Waals surface area contributed by atoms with E-state index in [0.29, 0.717) is 19.3 Å². The molecule has 72 heavy (non-hydrogen) atoms. The summed E-state index contributed by atoms with van der Waals surface area (Å²) >= 11 is 0. The van der Waals surface area contributed by atoms with Crippen LogP contribution in [0, 0.1) is 0 Å². The Hall–Kier alpha value is -2.89. The minimum atomic E-state index is -0.780. The highest BCUT2D eigenvalue weighted by Crippen LogP contribution is 2.17. The molecule has 0 saturated carbocycles. The van der Waals surface area contributed by atoms with Crippen molar-refractivity contribution in [2.75, 3.05) is 13.2 Å². The maximum absolute atomic E-state index is 12.9. The van der Waals surface area contributed by atoms with Crippen molar-refractivity contribution < 1.29 is 28.6 Å². The Morgan fingerprint density at radius 3 is 0.861 bits per heavy atom. The van der Waals surface area contributed by atoms with E-state index in [2.05, 4.69) is 81.5 Å². The molecule has 0 fully saturated rings. The zero-order valence-corrected chi connectivity index (χ0v) is 47.9. The average Bonchev–Trinajstić information content (AvgIpc) is 3.38.